The van der Waals surface area contributed by atoms with Gasteiger partial charge in [-0.15, -0.1) is 0 Å². The van der Waals surface area contributed by atoms with Crippen LogP contribution in [-0.4, -0.2) is 10.1 Å². The number of pyridine rings is 1. The van der Waals surface area contributed by atoms with E-state index in [1.54, 1.807) is 6.20 Å². The smallest absolute Gasteiger partial charge is 0.0841 e. The normalized spacial score (nSPS) is 12.5. The van der Waals surface area contributed by atoms with Crippen molar-refractivity contribution in [1.82, 2.24) is 4.98 Å². The number of hydrogen-bond acceptors (Lipinski definition) is 2. The van der Waals surface area contributed by atoms with Crippen LogP contribution in [0.25, 0.3) is 10.9 Å². The third-order valence-corrected chi connectivity index (χ3v) is 4.65. The molecule has 0 bridgehead atoms. The van der Waals surface area contributed by atoms with E-state index in [-0.39, 0.29) is 0 Å². The van der Waals surface area contributed by atoms with Gasteiger partial charge in [-0.1, -0.05) is 56.1 Å². The third-order valence-electron chi connectivity index (χ3n) is 3.47. The SMILES string of the molecule is OC(Cc1ccnc2ccccc12)c1ccc(Br)cc1Br. The Kier molecular flexibility index (Phi) is 4.38. The molecule has 0 spiro atoms. The van der Waals surface area contributed by atoms with E-state index >= 15 is 0 Å². The second-order valence-corrected chi connectivity index (χ2v) is 6.64. The molecule has 0 aliphatic carbocycles. The molecule has 2 nitrogen and oxygen atoms in total. The number of nitrogens with zero attached hydrogens (tertiary/aromatic N) is 1. The molecule has 21 heavy (non-hydrogen) atoms. The molecule has 2 aromatic carbocycles. The van der Waals surface area contributed by atoms with Gasteiger partial charge in [-0.2, -0.15) is 0 Å². The molecule has 0 saturated heterocycles. The summed E-state index contributed by atoms with van der Waals surface area (Å²) in [6.07, 6.45) is 1.79. The van der Waals surface area contributed by atoms with Crippen LogP contribution < -0.4 is 0 Å². The zero-order valence-electron chi connectivity index (χ0n) is 11.1. The Morgan fingerprint density at radius 3 is 2.67 bits per heavy atom. The first kappa shape index (κ1) is 14.7. The van der Waals surface area contributed by atoms with Crippen LogP contribution in [0.4, 0.5) is 0 Å². The van der Waals surface area contributed by atoms with Gasteiger partial charge < -0.3 is 5.11 Å². The van der Waals surface area contributed by atoms with Crippen LogP contribution >= 0.6 is 31.9 Å². The Bertz CT molecular complexity index is 783. The van der Waals surface area contributed by atoms with E-state index in [4.69, 9.17) is 0 Å². The largest absolute Gasteiger partial charge is 0.388 e. The lowest BCUT2D eigenvalue weighted by Crippen LogP contribution is -2.03. The lowest BCUT2D eigenvalue weighted by Gasteiger charge is -2.14. The maximum Gasteiger partial charge on any atom is 0.0841 e. The third kappa shape index (κ3) is 3.18. The molecular formula is C17H13Br2NO. The van der Waals surface area contributed by atoms with Gasteiger partial charge in [0.2, 0.25) is 0 Å². The highest BCUT2D eigenvalue weighted by molar-refractivity contribution is 9.11. The van der Waals surface area contributed by atoms with Crippen molar-refractivity contribution in [3.05, 3.63) is 74.8 Å². The van der Waals surface area contributed by atoms with Crippen molar-refractivity contribution < 1.29 is 5.11 Å². The molecule has 0 aliphatic heterocycles. The number of halogens is 2. The maximum absolute atomic E-state index is 10.5. The minimum absolute atomic E-state index is 0.557. The Morgan fingerprint density at radius 2 is 1.86 bits per heavy atom. The van der Waals surface area contributed by atoms with Gasteiger partial charge in [-0.05, 0) is 35.4 Å². The maximum atomic E-state index is 10.5. The molecule has 0 amide bonds. The Hall–Kier alpha value is -1.23. The predicted octanol–water partition coefficient (Wildman–Crippen LogP) is 5.04. The zero-order chi connectivity index (χ0) is 14.8. The standard InChI is InChI=1S/C17H13Br2NO/c18-12-5-6-14(15(19)10-12)17(21)9-11-7-8-20-16-4-2-1-3-13(11)16/h1-8,10,17,21H,9H2. The summed E-state index contributed by atoms with van der Waals surface area (Å²) >= 11 is 6.93. The predicted molar refractivity (Wildman–Crippen MR) is 92.2 cm³/mol. The van der Waals surface area contributed by atoms with Crippen molar-refractivity contribution in [2.45, 2.75) is 12.5 Å². The summed E-state index contributed by atoms with van der Waals surface area (Å²) in [5.41, 5.74) is 2.94. The van der Waals surface area contributed by atoms with Gasteiger partial charge in [0.05, 0.1) is 11.6 Å². The van der Waals surface area contributed by atoms with Crippen molar-refractivity contribution in [2.24, 2.45) is 0 Å². The number of aliphatic hydroxyl groups excluding tert-OH is 1. The minimum Gasteiger partial charge on any atom is -0.388 e. The highest BCUT2D eigenvalue weighted by atomic mass is 79.9. The van der Waals surface area contributed by atoms with E-state index in [2.05, 4.69) is 36.8 Å². The van der Waals surface area contributed by atoms with Crippen LogP contribution in [-0.2, 0) is 6.42 Å². The average molecular weight is 407 g/mol. The van der Waals surface area contributed by atoms with E-state index in [0.29, 0.717) is 6.42 Å². The second-order valence-electron chi connectivity index (χ2n) is 4.87. The number of hydrogen-bond donors (Lipinski definition) is 1. The summed E-state index contributed by atoms with van der Waals surface area (Å²) < 4.78 is 1.89. The summed E-state index contributed by atoms with van der Waals surface area (Å²) in [5.74, 6) is 0. The van der Waals surface area contributed by atoms with Crippen molar-refractivity contribution in [3.63, 3.8) is 0 Å². The molecule has 4 heteroatoms. The van der Waals surface area contributed by atoms with Crippen LogP contribution in [0.1, 0.15) is 17.2 Å². The van der Waals surface area contributed by atoms with Gasteiger partial charge >= 0.3 is 0 Å². The highest BCUT2D eigenvalue weighted by Gasteiger charge is 2.14. The van der Waals surface area contributed by atoms with E-state index < -0.39 is 6.10 Å². The van der Waals surface area contributed by atoms with Crippen LogP contribution in [0.15, 0.2) is 63.7 Å². The van der Waals surface area contributed by atoms with Gasteiger partial charge in [0.1, 0.15) is 0 Å². The molecular weight excluding hydrogens is 394 g/mol. The molecule has 3 aromatic rings. The van der Waals surface area contributed by atoms with Crippen molar-refractivity contribution in [2.75, 3.05) is 0 Å². The van der Waals surface area contributed by atoms with E-state index in [1.807, 2.05) is 48.5 Å². The summed E-state index contributed by atoms with van der Waals surface area (Å²) in [6.45, 7) is 0. The van der Waals surface area contributed by atoms with Crippen molar-refractivity contribution >= 4 is 42.8 Å². The van der Waals surface area contributed by atoms with Crippen molar-refractivity contribution in [1.29, 1.82) is 0 Å². The number of rotatable bonds is 3. The molecule has 3 rings (SSSR count). The summed E-state index contributed by atoms with van der Waals surface area (Å²) in [7, 11) is 0. The number of benzene rings is 2. The first-order chi connectivity index (χ1) is 10.1. The quantitative estimate of drug-likeness (QED) is 0.661. The van der Waals surface area contributed by atoms with Crippen LogP contribution in [0, 0.1) is 0 Å². The number of fused-ring (bicyclic) bond motifs is 1. The fourth-order valence-electron chi connectivity index (χ4n) is 2.42. The molecule has 0 aliphatic rings. The van der Waals surface area contributed by atoms with Crippen LogP contribution in [0.2, 0.25) is 0 Å². The van der Waals surface area contributed by atoms with Gasteiger partial charge in [0, 0.05) is 26.9 Å². The van der Waals surface area contributed by atoms with Gasteiger partial charge in [-0.25, -0.2) is 0 Å². The topological polar surface area (TPSA) is 33.1 Å². The first-order valence-electron chi connectivity index (χ1n) is 6.61. The minimum atomic E-state index is -0.557. The van der Waals surface area contributed by atoms with E-state index in [0.717, 1.165) is 31.0 Å². The Balaban J connectivity index is 1.94. The Morgan fingerprint density at radius 1 is 1.05 bits per heavy atom. The fraction of sp³-hybridized carbons (Fsp3) is 0.118. The molecule has 0 fully saturated rings. The molecule has 106 valence electrons. The first-order valence-corrected chi connectivity index (χ1v) is 8.19. The lowest BCUT2D eigenvalue weighted by atomic mass is 9.99. The monoisotopic (exact) mass is 405 g/mol. The fourth-order valence-corrected chi connectivity index (χ4v) is 3.73. The second kappa shape index (κ2) is 6.26. The van der Waals surface area contributed by atoms with Gasteiger partial charge in [-0.3, -0.25) is 4.98 Å². The highest BCUT2D eigenvalue weighted by Crippen LogP contribution is 2.30. The number of para-hydroxylation sites is 1. The zero-order valence-corrected chi connectivity index (χ0v) is 14.3. The summed E-state index contributed by atoms with van der Waals surface area (Å²) in [5, 5.41) is 11.6. The van der Waals surface area contributed by atoms with Crippen molar-refractivity contribution in [3.8, 4) is 0 Å². The molecule has 0 radical (unpaired) electrons. The molecule has 1 unspecified atom stereocenters. The molecule has 1 N–H and O–H groups in total. The molecule has 1 aromatic heterocycles. The Labute approximate surface area is 140 Å². The molecule has 1 atom stereocenters. The summed E-state index contributed by atoms with van der Waals surface area (Å²) in [4.78, 5) is 4.35. The lowest BCUT2D eigenvalue weighted by molar-refractivity contribution is 0.178. The van der Waals surface area contributed by atoms with Gasteiger partial charge in [0.15, 0.2) is 0 Å². The summed E-state index contributed by atoms with van der Waals surface area (Å²) in [6, 6.07) is 15.8. The van der Waals surface area contributed by atoms with Crippen LogP contribution in [0.5, 0.6) is 0 Å². The van der Waals surface area contributed by atoms with Gasteiger partial charge in [0.25, 0.3) is 0 Å². The van der Waals surface area contributed by atoms with Crippen LogP contribution in [0.3, 0.4) is 0 Å². The number of aliphatic hydroxyl groups is 1. The molecule has 1 heterocycles. The molecule has 0 saturated carbocycles. The number of aromatic nitrogens is 1. The average Bonchev–Trinajstić information content (AvgIpc) is 2.47. The van der Waals surface area contributed by atoms with E-state index in [9.17, 15) is 5.11 Å². The van der Waals surface area contributed by atoms with E-state index in [1.165, 1.54) is 0 Å².